The molecule has 3 rings (SSSR count). The molecule has 0 aliphatic heterocycles. The first kappa shape index (κ1) is 22.7. The average molecular weight is 457 g/mol. The van der Waals surface area contributed by atoms with Gasteiger partial charge in [-0.3, -0.25) is 9.69 Å². The first-order valence-electron chi connectivity index (χ1n) is 9.60. The lowest BCUT2D eigenvalue weighted by atomic mass is 10.2. The van der Waals surface area contributed by atoms with Crippen molar-refractivity contribution in [1.29, 1.82) is 0 Å². The molecule has 6 nitrogen and oxygen atoms in total. The number of hydrogen-bond acceptors (Lipinski definition) is 6. The van der Waals surface area contributed by atoms with Gasteiger partial charge in [-0.15, -0.1) is 17.9 Å². The van der Waals surface area contributed by atoms with E-state index >= 15 is 0 Å². The van der Waals surface area contributed by atoms with Crippen LogP contribution in [0, 0.1) is 6.92 Å². The molecule has 0 saturated heterocycles. The van der Waals surface area contributed by atoms with Crippen LogP contribution in [0.3, 0.4) is 0 Å². The normalized spacial score (nSPS) is 12.2. The van der Waals surface area contributed by atoms with Crippen molar-refractivity contribution >= 4 is 32.2 Å². The minimum absolute atomic E-state index is 0.228. The largest absolute Gasteiger partial charge is 0.481 e. The summed E-state index contributed by atoms with van der Waals surface area (Å²) in [5, 5.41) is 2.35. The second kappa shape index (κ2) is 9.45. The summed E-state index contributed by atoms with van der Waals surface area (Å²) in [6.07, 6.45) is 2.10. The highest BCUT2D eigenvalue weighted by Gasteiger charge is 2.25. The number of carbonyl (C=O) groups excluding carboxylic acids is 1. The van der Waals surface area contributed by atoms with Crippen LogP contribution in [-0.2, 0) is 14.6 Å². The fraction of sp³-hybridized carbons (Fsp3) is 0.217. The number of rotatable bonds is 8. The van der Waals surface area contributed by atoms with Crippen molar-refractivity contribution in [2.75, 3.05) is 17.7 Å². The number of ether oxygens (including phenoxy) is 1. The Bertz CT molecular complexity index is 1170. The SMILES string of the molecule is C=CCN(C(=O)[C@H](C)Oc1ccc(C)cc1)c1nc(-c2ccc(S(C)(=O)=O)cc2)cs1. The zero-order chi connectivity index (χ0) is 22.6. The Kier molecular flexibility index (Phi) is 6.92. The van der Waals surface area contributed by atoms with Crippen LogP contribution < -0.4 is 9.64 Å². The first-order chi connectivity index (χ1) is 14.7. The highest BCUT2D eigenvalue weighted by molar-refractivity contribution is 7.90. The number of benzene rings is 2. The van der Waals surface area contributed by atoms with E-state index in [0.29, 0.717) is 23.1 Å². The zero-order valence-electron chi connectivity index (χ0n) is 17.6. The smallest absolute Gasteiger partial charge is 0.269 e. The molecule has 0 radical (unpaired) electrons. The fourth-order valence-corrected chi connectivity index (χ4v) is 4.36. The second-order valence-electron chi connectivity index (χ2n) is 7.12. The van der Waals surface area contributed by atoms with Crippen molar-refractivity contribution in [2.45, 2.75) is 24.8 Å². The molecule has 0 bridgehead atoms. The molecule has 0 aliphatic carbocycles. The third-order valence-corrected chi connectivity index (χ3v) is 6.55. The summed E-state index contributed by atoms with van der Waals surface area (Å²) < 4.78 is 29.1. The molecule has 1 heterocycles. The van der Waals surface area contributed by atoms with Gasteiger partial charge in [0.15, 0.2) is 21.1 Å². The summed E-state index contributed by atoms with van der Waals surface area (Å²) in [5.74, 6) is 0.393. The van der Waals surface area contributed by atoms with E-state index in [4.69, 9.17) is 4.74 Å². The summed E-state index contributed by atoms with van der Waals surface area (Å²) in [4.78, 5) is 19.4. The summed E-state index contributed by atoms with van der Waals surface area (Å²) >= 11 is 1.33. The zero-order valence-corrected chi connectivity index (χ0v) is 19.2. The second-order valence-corrected chi connectivity index (χ2v) is 9.97. The van der Waals surface area contributed by atoms with E-state index in [2.05, 4.69) is 11.6 Å². The molecule has 0 unspecified atom stereocenters. The summed E-state index contributed by atoms with van der Waals surface area (Å²) in [6.45, 7) is 7.73. The highest BCUT2D eigenvalue weighted by atomic mass is 32.2. The van der Waals surface area contributed by atoms with Crippen molar-refractivity contribution < 1.29 is 17.9 Å². The van der Waals surface area contributed by atoms with E-state index in [-0.39, 0.29) is 10.8 Å². The van der Waals surface area contributed by atoms with Gasteiger partial charge in [0.2, 0.25) is 0 Å². The molecule has 1 atom stereocenters. The fourth-order valence-electron chi connectivity index (χ4n) is 2.88. The van der Waals surface area contributed by atoms with Gasteiger partial charge >= 0.3 is 0 Å². The van der Waals surface area contributed by atoms with Crippen LogP contribution in [0.15, 0.2) is 71.5 Å². The Balaban J connectivity index is 1.80. The van der Waals surface area contributed by atoms with Gasteiger partial charge in [-0.25, -0.2) is 13.4 Å². The maximum Gasteiger partial charge on any atom is 0.269 e. The monoisotopic (exact) mass is 456 g/mol. The molecule has 0 saturated carbocycles. The van der Waals surface area contributed by atoms with E-state index in [9.17, 15) is 13.2 Å². The lowest BCUT2D eigenvalue weighted by Crippen LogP contribution is -2.40. The van der Waals surface area contributed by atoms with Crippen LogP contribution in [-0.4, -0.2) is 38.2 Å². The van der Waals surface area contributed by atoms with E-state index in [0.717, 1.165) is 11.1 Å². The standard InChI is InChI=1S/C23H24N2O4S2/c1-5-14-25(22(26)17(3)29-19-10-6-16(2)7-11-19)23-24-21(15-30-23)18-8-12-20(13-9-18)31(4,27)28/h5-13,15,17H,1,14H2,2-4H3/t17-/m0/s1. The van der Waals surface area contributed by atoms with E-state index < -0.39 is 15.9 Å². The quantitative estimate of drug-likeness (QED) is 0.466. The summed E-state index contributed by atoms with van der Waals surface area (Å²) in [6, 6.07) is 14.0. The highest BCUT2D eigenvalue weighted by Crippen LogP contribution is 2.29. The Labute approximate surface area is 186 Å². The molecule has 0 spiro atoms. The number of sulfone groups is 1. The van der Waals surface area contributed by atoms with Crippen LogP contribution >= 0.6 is 11.3 Å². The van der Waals surface area contributed by atoms with Crippen molar-refractivity contribution in [3.05, 3.63) is 72.1 Å². The third-order valence-electron chi connectivity index (χ3n) is 4.56. The summed E-state index contributed by atoms with van der Waals surface area (Å²) in [5.41, 5.74) is 2.54. The number of anilines is 1. The maximum absolute atomic E-state index is 13.1. The van der Waals surface area contributed by atoms with Crippen molar-refractivity contribution in [3.63, 3.8) is 0 Å². The van der Waals surface area contributed by atoms with Crippen molar-refractivity contribution in [2.24, 2.45) is 0 Å². The molecule has 31 heavy (non-hydrogen) atoms. The molecule has 3 aromatic rings. The number of nitrogens with zero attached hydrogens (tertiary/aromatic N) is 2. The molecular weight excluding hydrogens is 432 g/mol. The van der Waals surface area contributed by atoms with Crippen molar-refractivity contribution in [3.8, 4) is 17.0 Å². The van der Waals surface area contributed by atoms with Crippen molar-refractivity contribution in [1.82, 2.24) is 4.98 Å². The van der Waals surface area contributed by atoms with E-state index in [1.165, 1.54) is 22.5 Å². The number of amides is 1. The van der Waals surface area contributed by atoms with Gasteiger partial charge in [-0.05, 0) is 38.1 Å². The maximum atomic E-state index is 13.1. The molecule has 0 fully saturated rings. The number of aryl methyl sites for hydroxylation is 1. The Morgan fingerprint density at radius 1 is 1.19 bits per heavy atom. The summed E-state index contributed by atoms with van der Waals surface area (Å²) in [7, 11) is -3.26. The average Bonchev–Trinajstić information content (AvgIpc) is 3.22. The van der Waals surface area contributed by atoms with Crippen LogP contribution in [0.4, 0.5) is 5.13 Å². The van der Waals surface area contributed by atoms with Gasteiger partial charge in [0.05, 0.1) is 10.6 Å². The Hall–Kier alpha value is -2.97. The molecule has 1 amide bonds. The predicted octanol–water partition coefficient (Wildman–Crippen LogP) is 4.51. The number of aromatic nitrogens is 1. The van der Waals surface area contributed by atoms with Gasteiger partial charge < -0.3 is 4.74 Å². The minimum atomic E-state index is -3.26. The van der Waals surface area contributed by atoms with Gasteiger partial charge in [0.25, 0.3) is 5.91 Å². The first-order valence-corrected chi connectivity index (χ1v) is 12.4. The molecule has 8 heteroatoms. The van der Waals surface area contributed by atoms with Crippen LogP contribution in [0.2, 0.25) is 0 Å². The Morgan fingerprint density at radius 2 is 1.84 bits per heavy atom. The van der Waals surface area contributed by atoms with Gasteiger partial charge in [0, 0.05) is 23.7 Å². The van der Waals surface area contributed by atoms with Crippen LogP contribution in [0.25, 0.3) is 11.3 Å². The lowest BCUT2D eigenvalue weighted by molar-refractivity contribution is -0.124. The van der Waals surface area contributed by atoms with E-state index in [1.54, 1.807) is 37.3 Å². The molecule has 162 valence electrons. The predicted molar refractivity (Wildman–Crippen MR) is 124 cm³/mol. The van der Waals surface area contributed by atoms with Gasteiger partial charge in [-0.1, -0.05) is 35.9 Å². The molecule has 1 aromatic heterocycles. The molecular formula is C23H24N2O4S2. The van der Waals surface area contributed by atoms with E-state index in [1.807, 2.05) is 36.6 Å². The van der Waals surface area contributed by atoms with Crippen LogP contribution in [0.1, 0.15) is 12.5 Å². The number of hydrogen-bond donors (Lipinski definition) is 0. The number of thiazole rings is 1. The molecule has 0 N–H and O–H groups in total. The molecule has 2 aromatic carbocycles. The minimum Gasteiger partial charge on any atom is -0.481 e. The van der Waals surface area contributed by atoms with Gasteiger partial charge in [-0.2, -0.15) is 0 Å². The Morgan fingerprint density at radius 3 is 2.42 bits per heavy atom. The number of carbonyl (C=O) groups is 1. The third kappa shape index (κ3) is 5.59. The lowest BCUT2D eigenvalue weighted by Gasteiger charge is -2.22. The van der Waals surface area contributed by atoms with Crippen LogP contribution in [0.5, 0.6) is 5.75 Å². The van der Waals surface area contributed by atoms with Gasteiger partial charge in [0.1, 0.15) is 5.75 Å². The molecule has 0 aliphatic rings. The topological polar surface area (TPSA) is 76.6 Å².